The van der Waals surface area contributed by atoms with E-state index in [2.05, 4.69) is 15.9 Å². The molecule has 0 amide bonds. The number of halogens is 3. The molecule has 1 rings (SSSR count). The van der Waals surface area contributed by atoms with Crippen molar-refractivity contribution in [3.63, 3.8) is 0 Å². The van der Waals surface area contributed by atoms with Crippen LogP contribution in [0.15, 0.2) is 22.7 Å². The number of hydrogen-bond donors (Lipinski definition) is 1. The van der Waals surface area contributed by atoms with Crippen molar-refractivity contribution in [2.24, 2.45) is 5.73 Å². The van der Waals surface area contributed by atoms with Crippen molar-refractivity contribution in [2.75, 3.05) is 6.54 Å². The van der Waals surface area contributed by atoms with Gasteiger partial charge in [0.15, 0.2) is 0 Å². The van der Waals surface area contributed by atoms with Gasteiger partial charge in [-0.1, -0.05) is 35.0 Å². The third-order valence-corrected chi connectivity index (χ3v) is 2.87. The van der Waals surface area contributed by atoms with E-state index in [1.54, 1.807) is 12.1 Å². The quantitative estimate of drug-likeness (QED) is 0.889. The molecule has 1 aromatic rings. The molecule has 0 fully saturated rings. The molecule has 0 saturated heterocycles. The van der Waals surface area contributed by atoms with Gasteiger partial charge in [-0.05, 0) is 24.1 Å². The molecular weight excluding hydrogens is 252 g/mol. The van der Waals surface area contributed by atoms with Crippen molar-refractivity contribution in [1.29, 1.82) is 0 Å². The number of rotatable bonds is 3. The average Bonchev–Trinajstić information content (AvgIpc) is 2.15. The SMILES string of the molecule is CC(CN)c1ccc(C(F)F)c(Br)c1. The highest BCUT2D eigenvalue weighted by molar-refractivity contribution is 9.10. The summed E-state index contributed by atoms with van der Waals surface area (Å²) in [5.41, 5.74) is 6.49. The Hall–Kier alpha value is -0.480. The van der Waals surface area contributed by atoms with E-state index >= 15 is 0 Å². The highest BCUT2D eigenvalue weighted by Crippen LogP contribution is 2.29. The molecule has 1 aromatic carbocycles. The molecule has 1 atom stereocenters. The maximum absolute atomic E-state index is 12.4. The summed E-state index contributed by atoms with van der Waals surface area (Å²) in [6.45, 7) is 2.48. The smallest absolute Gasteiger partial charge is 0.264 e. The Bertz CT molecular complexity index is 315. The number of alkyl halides is 2. The highest BCUT2D eigenvalue weighted by Gasteiger charge is 2.13. The third-order valence-electron chi connectivity index (χ3n) is 2.18. The van der Waals surface area contributed by atoms with E-state index in [-0.39, 0.29) is 11.5 Å². The summed E-state index contributed by atoms with van der Waals surface area (Å²) in [7, 11) is 0. The van der Waals surface area contributed by atoms with Gasteiger partial charge in [-0.25, -0.2) is 8.78 Å². The van der Waals surface area contributed by atoms with Gasteiger partial charge >= 0.3 is 0 Å². The van der Waals surface area contributed by atoms with E-state index in [1.165, 1.54) is 6.07 Å². The second-order valence-corrected chi connectivity index (χ2v) is 4.07. The third kappa shape index (κ3) is 2.51. The Kier molecular flexibility index (Phi) is 4.01. The van der Waals surface area contributed by atoms with Crippen LogP contribution in [0.2, 0.25) is 0 Å². The summed E-state index contributed by atoms with van der Waals surface area (Å²) >= 11 is 3.12. The Balaban J connectivity index is 3.00. The second kappa shape index (κ2) is 4.84. The van der Waals surface area contributed by atoms with Crippen LogP contribution in [0.25, 0.3) is 0 Å². The Morgan fingerprint density at radius 3 is 2.50 bits per heavy atom. The molecule has 0 saturated carbocycles. The normalized spacial score (nSPS) is 13.3. The van der Waals surface area contributed by atoms with E-state index in [0.29, 0.717) is 11.0 Å². The molecule has 1 nitrogen and oxygen atoms in total. The zero-order valence-electron chi connectivity index (χ0n) is 7.81. The first kappa shape index (κ1) is 11.6. The summed E-state index contributed by atoms with van der Waals surface area (Å²) in [5.74, 6) is 0.193. The van der Waals surface area contributed by atoms with Crippen molar-refractivity contribution in [1.82, 2.24) is 0 Å². The number of nitrogens with two attached hydrogens (primary N) is 1. The minimum Gasteiger partial charge on any atom is -0.330 e. The fourth-order valence-corrected chi connectivity index (χ4v) is 1.73. The van der Waals surface area contributed by atoms with Crippen LogP contribution < -0.4 is 5.73 Å². The number of benzene rings is 1. The van der Waals surface area contributed by atoms with Crippen molar-refractivity contribution >= 4 is 15.9 Å². The topological polar surface area (TPSA) is 26.0 Å². The summed E-state index contributed by atoms with van der Waals surface area (Å²) in [6.07, 6.45) is -2.44. The number of hydrogen-bond acceptors (Lipinski definition) is 1. The molecule has 4 heteroatoms. The molecule has 14 heavy (non-hydrogen) atoms. The second-order valence-electron chi connectivity index (χ2n) is 3.22. The van der Waals surface area contributed by atoms with Gasteiger partial charge in [-0.3, -0.25) is 0 Å². The first-order valence-corrected chi connectivity index (χ1v) is 5.13. The van der Waals surface area contributed by atoms with Gasteiger partial charge in [0.1, 0.15) is 0 Å². The molecule has 0 radical (unpaired) electrons. The zero-order valence-corrected chi connectivity index (χ0v) is 9.39. The van der Waals surface area contributed by atoms with Crippen LogP contribution in [-0.2, 0) is 0 Å². The maximum Gasteiger partial charge on any atom is 0.264 e. The molecule has 0 aliphatic rings. The molecular formula is C10H12BrF2N. The Morgan fingerprint density at radius 1 is 1.43 bits per heavy atom. The lowest BCUT2D eigenvalue weighted by Crippen LogP contribution is -2.08. The molecule has 0 bridgehead atoms. The fraction of sp³-hybridized carbons (Fsp3) is 0.400. The van der Waals surface area contributed by atoms with Gasteiger partial charge in [0, 0.05) is 10.0 Å². The van der Waals surface area contributed by atoms with Crippen LogP contribution in [0.5, 0.6) is 0 Å². The molecule has 78 valence electrons. The van der Waals surface area contributed by atoms with Gasteiger partial charge in [0.25, 0.3) is 6.43 Å². The van der Waals surface area contributed by atoms with Crippen LogP contribution in [0.1, 0.15) is 30.4 Å². The van der Waals surface area contributed by atoms with E-state index in [1.807, 2.05) is 6.92 Å². The summed E-state index contributed by atoms with van der Waals surface area (Å²) in [5, 5.41) is 0. The minimum atomic E-state index is -2.44. The van der Waals surface area contributed by atoms with E-state index in [9.17, 15) is 8.78 Å². The van der Waals surface area contributed by atoms with Crippen LogP contribution in [0.3, 0.4) is 0 Å². The predicted molar refractivity (Wildman–Crippen MR) is 56.6 cm³/mol. The molecule has 0 aliphatic heterocycles. The molecule has 2 N–H and O–H groups in total. The highest BCUT2D eigenvalue weighted by atomic mass is 79.9. The van der Waals surface area contributed by atoms with Gasteiger partial charge in [-0.15, -0.1) is 0 Å². The van der Waals surface area contributed by atoms with Crippen molar-refractivity contribution in [3.8, 4) is 0 Å². The van der Waals surface area contributed by atoms with E-state index in [4.69, 9.17) is 5.73 Å². The lowest BCUT2D eigenvalue weighted by atomic mass is 10.0. The monoisotopic (exact) mass is 263 g/mol. The maximum atomic E-state index is 12.4. The fourth-order valence-electron chi connectivity index (χ4n) is 1.16. The van der Waals surface area contributed by atoms with E-state index in [0.717, 1.165) is 5.56 Å². The zero-order chi connectivity index (χ0) is 10.7. The van der Waals surface area contributed by atoms with Gasteiger partial charge < -0.3 is 5.73 Å². The predicted octanol–water partition coefficient (Wildman–Crippen LogP) is 3.45. The van der Waals surface area contributed by atoms with Crippen molar-refractivity contribution < 1.29 is 8.78 Å². The van der Waals surface area contributed by atoms with Crippen molar-refractivity contribution in [3.05, 3.63) is 33.8 Å². The molecule has 0 heterocycles. The molecule has 1 unspecified atom stereocenters. The Labute approximate surface area is 90.4 Å². The van der Waals surface area contributed by atoms with Crippen LogP contribution in [-0.4, -0.2) is 6.54 Å². The summed E-state index contributed by atoms with van der Waals surface area (Å²) in [6, 6.07) is 4.85. The molecule has 0 spiro atoms. The van der Waals surface area contributed by atoms with Crippen LogP contribution in [0, 0.1) is 0 Å². The molecule has 0 aromatic heterocycles. The molecule has 0 aliphatic carbocycles. The van der Waals surface area contributed by atoms with Crippen LogP contribution >= 0.6 is 15.9 Å². The standard InChI is InChI=1S/C10H12BrF2N/c1-6(5-14)7-2-3-8(10(12)13)9(11)4-7/h2-4,6,10H,5,14H2,1H3. The summed E-state index contributed by atoms with van der Waals surface area (Å²) in [4.78, 5) is 0. The Morgan fingerprint density at radius 2 is 2.07 bits per heavy atom. The van der Waals surface area contributed by atoms with Gasteiger partial charge in [0.2, 0.25) is 0 Å². The van der Waals surface area contributed by atoms with Gasteiger partial charge in [-0.2, -0.15) is 0 Å². The van der Waals surface area contributed by atoms with E-state index < -0.39 is 6.43 Å². The summed E-state index contributed by atoms with van der Waals surface area (Å²) < 4.78 is 25.2. The van der Waals surface area contributed by atoms with Crippen LogP contribution in [0.4, 0.5) is 8.78 Å². The minimum absolute atomic E-state index is 0.0259. The lowest BCUT2D eigenvalue weighted by molar-refractivity contribution is 0.150. The first-order valence-electron chi connectivity index (χ1n) is 4.33. The largest absolute Gasteiger partial charge is 0.330 e. The lowest BCUT2D eigenvalue weighted by Gasteiger charge is -2.11. The average molecular weight is 264 g/mol. The van der Waals surface area contributed by atoms with Crippen molar-refractivity contribution in [2.45, 2.75) is 19.3 Å². The first-order chi connectivity index (χ1) is 6.56. The van der Waals surface area contributed by atoms with Gasteiger partial charge in [0.05, 0.1) is 0 Å².